The van der Waals surface area contributed by atoms with Gasteiger partial charge in [-0.2, -0.15) is 0 Å². The molecule has 1 aliphatic rings. The van der Waals surface area contributed by atoms with Gasteiger partial charge in [-0.15, -0.1) is 0 Å². The summed E-state index contributed by atoms with van der Waals surface area (Å²) in [5, 5.41) is -0.00975. The molecule has 1 unspecified atom stereocenters. The Kier molecular flexibility index (Phi) is 8.55. The molecule has 2 rings (SSSR count). The van der Waals surface area contributed by atoms with Gasteiger partial charge in [0, 0.05) is 12.5 Å². The molecule has 0 bridgehead atoms. The highest BCUT2D eigenvalue weighted by atomic mass is 32.2. The van der Waals surface area contributed by atoms with Crippen molar-refractivity contribution in [3.63, 3.8) is 0 Å². The molecule has 1 atom stereocenters. The van der Waals surface area contributed by atoms with Gasteiger partial charge in [-0.25, -0.2) is 4.39 Å². The van der Waals surface area contributed by atoms with Crippen LogP contribution >= 0.6 is 11.8 Å². The Morgan fingerprint density at radius 2 is 1.78 bits per heavy atom. The van der Waals surface area contributed by atoms with E-state index in [0.717, 1.165) is 24.8 Å². The van der Waals surface area contributed by atoms with Crippen LogP contribution in [0.25, 0.3) is 0 Å². The van der Waals surface area contributed by atoms with Crippen molar-refractivity contribution >= 4 is 22.7 Å². The lowest BCUT2D eigenvalue weighted by molar-refractivity contribution is -0.122. The summed E-state index contributed by atoms with van der Waals surface area (Å²) in [5.74, 6) is 0.201. The second-order valence-corrected chi connectivity index (χ2v) is 8.82. The minimum Gasteiger partial charge on any atom is -0.489 e. The standard InChI is InChI=1S/C22H29FO3S/c1-3-4-5-6-7-8-13-22(2)20(15-21(25)27-22)26-16-19(24)14-17-9-11-18(23)12-10-17/h9-12,15H,3-8,13-14,16H2,1-2H3. The van der Waals surface area contributed by atoms with Crippen LogP contribution in [0.5, 0.6) is 0 Å². The number of ether oxygens (including phenoxy) is 1. The largest absolute Gasteiger partial charge is 0.489 e. The van der Waals surface area contributed by atoms with Gasteiger partial charge in [-0.3, -0.25) is 9.59 Å². The third-order valence-corrected chi connectivity index (χ3v) is 5.98. The molecule has 5 heteroatoms. The predicted molar refractivity (Wildman–Crippen MR) is 108 cm³/mol. The summed E-state index contributed by atoms with van der Waals surface area (Å²) in [6.45, 7) is 4.15. The van der Waals surface area contributed by atoms with E-state index < -0.39 is 0 Å². The first kappa shape index (κ1) is 21.7. The summed E-state index contributed by atoms with van der Waals surface area (Å²) in [5.41, 5.74) is 0.755. The van der Waals surface area contributed by atoms with Gasteiger partial charge >= 0.3 is 0 Å². The number of hydrogen-bond acceptors (Lipinski definition) is 4. The molecule has 0 saturated heterocycles. The Hall–Kier alpha value is -1.62. The smallest absolute Gasteiger partial charge is 0.216 e. The summed E-state index contributed by atoms with van der Waals surface area (Å²) in [6, 6.07) is 5.89. The summed E-state index contributed by atoms with van der Waals surface area (Å²) >= 11 is 1.29. The minimum absolute atomic E-state index is 0.00975. The number of hydrogen-bond donors (Lipinski definition) is 0. The minimum atomic E-state index is -0.377. The van der Waals surface area contributed by atoms with Crippen LogP contribution in [0.2, 0.25) is 0 Å². The molecular formula is C22H29FO3S. The SMILES string of the molecule is CCCCCCCCC1(C)SC(=O)C=C1OCC(=O)Cc1ccc(F)cc1. The third kappa shape index (κ3) is 7.13. The third-order valence-electron chi connectivity index (χ3n) is 4.81. The van der Waals surface area contributed by atoms with E-state index in [-0.39, 0.29) is 34.5 Å². The molecule has 0 spiro atoms. The molecule has 0 aromatic heterocycles. The van der Waals surface area contributed by atoms with Crippen molar-refractivity contribution in [2.24, 2.45) is 0 Å². The Bertz CT molecular complexity index is 669. The van der Waals surface area contributed by atoms with E-state index in [1.54, 1.807) is 12.1 Å². The summed E-state index contributed by atoms with van der Waals surface area (Å²) < 4.78 is 18.3. The summed E-state index contributed by atoms with van der Waals surface area (Å²) in [4.78, 5) is 24.1. The Labute approximate surface area is 165 Å². The molecule has 0 aliphatic carbocycles. The molecule has 0 fully saturated rings. The fourth-order valence-corrected chi connectivity index (χ4v) is 4.29. The number of benzene rings is 1. The maximum absolute atomic E-state index is 12.9. The average Bonchev–Trinajstić information content (AvgIpc) is 2.92. The molecule has 0 radical (unpaired) electrons. The monoisotopic (exact) mass is 392 g/mol. The van der Waals surface area contributed by atoms with Crippen LogP contribution in [0.4, 0.5) is 4.39 Å². The van der Waals surface area contributed by atoms with Crippen LogP contribution in [0.3, 0.4) is 0 Å². The fourth-order valence-electron chi connectivity index (χ4n) is 3.21. The van der Waals surface area contributed by atoms with E-state index >= 15 is 0 Å². The number of carbonyl (C=O) groups is 2. The van der Waals surface area contributed by atoms with E-state index in [4.69, 9.17) is 4.74 Å². The van der Waals surface area contributed by atoms with E-state index in [2.05, 4.69) is 6.92 Å². The van der Waals surface area contributed by atoms with Crippen molar-refractivity contribution in [1.82, 2.24) is 0 Å². The molecule has 0 saturated carbocycles. The van der Waals surface area contributed by atoms with Gasteiger partial charge in [0.05, 0.1) is 4.75 Å². The molecule has 1 heterocycles. The van der Waals surface area contributed by atoms with Gasteiger partial charge in [-0.1, -0.05) is 69.3 Å². The second-order valence-electron chi connectivity index (χ2n) is 7.31. The number of halogens is 1. The Balaban J connectivity index is 1.80. The van der Waals surface area contributed by atoms with E-state index in [0.29, 0.717) is 5.76 Å². The van der Waals surface area contributed by atoms with Crippen LogP contribution in [0.15, 0.2) is 36.1 Å². The topological polar surface area (TPSA) is 43.4 Å². The van der Waals surface area contributed by atoms with Gasteiger partial charge in [0.15, 0.2) is 5.78 Å². The lowest BCUT2D eigenvalue weighted by Crippen LogP contribution is -2.24. The Morgan fingerprint density at radius 1 is 1.11 bits per heavy atom. The zero-order chi connectivity index (χ0) is 19.7. The zero-order valence-corrected chi connectivity index (χ0v) is 17.1. The van der Waals surface area contributed by atoms with Gasteiger partial charge in [0.1, 0.15) is 18.2 Å². The molecule has 27 heavy (non-hydrogen) atoms. The van der Waals surface area contributed by atoms with Crippen molar-refractivity contribution in [2.45, 2.75) is 70.0 Å². The number of unbranched alkanes of at least 4 members (excludes halogenated alkanes) is 5. The van der Waals surface area contributed by atoms with Crippen molar-refractivity contribution in [1.29, 1.82) is 0 Å². The molecule has 1 aromatic rings. The summed E-state index contributed by atoms with van der Waals surface area (Å²) in [6.07, 6.45) is 9.77. The number of thioether (sulfide) groups is 1. The van der Waals surface area contributed by atoms with E-state index in [1.165, 1.54) is 55.7 Å². The first-order valence-electron chi connectivity index (χ1n) is 9.77. The predicted octanol–water partition coefficient (Wildman–Crippen LogP) is 5.62. The van der Waals surface area contributed by atoms with Crippen molar-refractivity contribution in [3.8, 4) is 0 Å². The molecule has 148 valence electrons. The quantitative estimate of drug-likeness (QED) is 0.433. The first-order chi connectivity index (χ1) is 12.9. The molecule has 3 nitrogen and oxygen atoms in total. The normalized spacial score (nSPS) is 19.2. The van der Waals surface area contributed by atoms with Gasteiger partial charge in [-0.05, 0) is 31.0 Å². The molecular weight excluding hydrogens is 363 g/mol. The van der Waals surface area contributed by atoms with E-state index in [1.807, 2.05) is 6.92 Å². The summed E-state index contributed by atoms with van der Waals surface area (Å²) in [7, 11) is 0. The average molecular weight is 393 g/mol. The number of carbonyl (C=O) groups excluding carboxylic acids is 2. The second kappa shape index (κ2) is 10.6. The van der Waals surface area contributed by atoms with Crippen LogP contribution in [-0.4, -0.2) is 22.3 Å². The molecule has 1 aliphatic heterocycles. The van der Waals surface area contributed by atoms with Crippen LogP contribution in [0.1, 0.15) is 64.4 Å². The number of ketones is 1. The number of rotatable bonds is 12. The van der Waals surface area contributed by atoms with Gasteiger partial charge in [0.25, 0.3) is 0 Å². The molecule has 0 amide bonds. The lowest BCUT2D eigenvalue weighted by atomic mass is 9.99. The van der Waals surface area contributed by atoms with E-state index in [9.17, 15) is 14.0 Å². The number of Topliss-reactive ketones (excluding diaryl/α,β-unsaturated/α-hetero) is 1. The first-order valence-corrected chi connectivity index (χ1v) is 10.6. The highest BCUT2D eigenvalue weighted by Crippen LogP contribution is 2.44. The maximum atomic E-state index is 12.9. The molecule has 0 N–H and O–H groups in total. The van der Waals surface area contributed by atoms with Gasteiger partial charge < -0.3 is 4.74 Å². The molecule has 1 aromatic carbocycles. The van der Waals surface area contributed by atoms with Crippen LogP contribution in [0, 0.1) is 5.82 Å². The zero-order valence-electron chi connectivity index (χ0n) is 16.3. The Morgan fingerprint density at radius 3 is 2.48 bits per heavy atom. The van der Waals surface area contributed by atoms with Crippen molar-refractivity contribution < 1.29 is 18.7 Å². The maximum Gasteiger partial charge on any atom is 0.216 e. The van der Waals surface area contributed by atoms with Crippen molar-refractivity contribution in [3.05, 3.63) is 47.5 Å². The highest BCUT2D eigenvalue weighted by Gasteiger charge is 2.39. The fraction of sp³-hybridized carbons (Fsp3) is 0.545. The van der Waals surface area contributed by atoms with Crippen LogP contribution < -0.4 is 0 Å². The van der Waals surface area contributed by atoms with Crippen molar-refractivity contribution in [2.75, 3.05) is 6.61 Å². The van der Waals surface area contributed by atoms with Gasteiger partial charge in [0.2, 0.25) is 5.12 Å². The lowest BCUT2D eigenvalue weighted by Gasteiger charge is -2.26. The van der Waals surface area contributed by atoms with Crippen LogP contribution in [-0.2, 0) is 20.7 Å². The highest BCUT2D eigenvalue weighted by molar-refractivity contribution is 8.15.